The third-order valence-electron chi connectivity index (χ3n) is 3.56. The van der Waals surface area contributed by atoms with Crippen molar-refractivity contribution in [2.24, 2.45) is 5.92 Å². The Morgan fingerprint density at radius 3 is 2.65 bits per heavy atom. The minimum absolute atomic E-state index is 0.0607. The molecule has 1 aliphatic rings. The van der Waals surface area contributed by atoms with Gasteiger partial charge in [0.2, 0.25) is 10.0 Å². The van der Waals surface area contributed by atoms with Gasteiger partial charge in [0, 0.05) is 26.8 Å². The van der Waals surface area contributed by atoms with Gasteiger partial charge >= 0.3 is 0 Å². The van der Waals surface area contributed by atoms with Crippen LogP contribution in [0, 0.1) is 5.92 Å². The molecule has 0 bridgehead atoms. The maximum atomic E-state index is 12.4. The molecule has 0 atom stereocenters. The molecule has 7 heteroatoms. The maximum absolute atomic E-state index is 12.4. The van der Waals surface area contributed by atoms with Crippen molar-refractivity contribution in [3.05, 3.63) is 18.2 Å². The Kier molecular flexibility index (Phi) is 4.52. The molecule has 6 nitrogen and oxygen atoms in total. The molecule has 0 saturated carbocycles. The molecule has 1 saturated heterocycles. The summed E-state index contributed by atoms with van der Waals surface area (Å²) in [5.41, 5.74) is 5.61. The zero-order valence-corrected chi connectivity index (χ0v) is 12.3. The van der Waals surface area contributed by atoms with Gasteiger partial charge in [-0.3, -0.25) is 0 Å². The van der Waals surface area contributed by atoms with Gasteiger partial charge in [-0.1, -0.05) is 0 Å². The fourth-order valence-corrected chi connectivity index (χ4v) is 3.55. The van der Waals surface area contributed by atoms with Crippen molar-refractivity contribution in [3.63, 3.8) is 0 Å². The molecule has 2 rings (SSSR count). The normalized spacial score (nSPS) is 17.5. The number of aromatic hydroxyl groups is 1. The number of nitrogen functional groups attached to an aromatic ring is 1. The Labute approximate surface area is 119 Å². The molecule has 112 valence electrons. The molecular formula is C13H20N2O4S. The van der Waals surface area contributed by atoms with Crippen molar-refractivity contribution in [1.82, 2.24) is 4.31 Å². The SMILES string of the molecule is CN(CC1CCOCC1)S(=O)(=O)c1ccc(O)c(N)c1. The number of ether oxygens (including phenoxy) is 1. The topological polar surface area (TPSA) is 92.9 Å². The minimum atomic E-state index is -3.58. The molecular weight excluding hydrogens is 280 g/mol. The summed E-state index contributed by atoms with van der Waals surface area (Å²) < 4.78 is 31.5. The predicted octanol–water partition coefficient (Wildman–Crippen LogP) is 1.02. The van der Waals surface area contributed by atoms with Gasteiger partial charge in [0.15, 0.2) is 0 Å². The molecule has 1 aromatic rings. The minimum Gasteiger partial charge on any atom is -0.506 e. The van der Waals surface area contributed by atoms with Crippen LogP contribution in [0.3, 0.4) is 0 Å². The van der Waals surface area contributed by atoms with Gasteiger partial charge in [0.1, 0.15) is 5.75 Å². The third-order valence-corrected chi connectivity index (χ3v) is 5.38. The second kappa shape index (κ2) is 5.99. The van der Waals surface area contributed by atoms with E-state index in [1.165, 1.54) is 22.5 Å². The molecule has 1 aromatic carbocycles. The number of nitrogens with zero attached hydrogens (tertiary/aromatic N) is 1. The number of anilines is 1. The smallest absolute Gasteiger partial charge is 0.242 e. The van der Waals surface area contributed by atoms with E-state index in [4.69, 9.17) is 10.5 Å². The van der Waals surface area contributed by atoms with E-state index in [1.54, 1.807) is 7.05 Å². The van der Waals surface area contributed by atoms with Crippen LogP contribution in [0.5, 0.6) is 5.75 Å². The highest BCUT2D eigenvalue weighted by Crippen LogP contribution is 2.26. The molecule has 0 amide bonds. The van der Waals surface area contributed by atoms with Gasteiger partial charge in [-0.25, -0.2) is 12.7 Å². The first-order chi connectivity index (χ1) is 9.41. The molecule has 0 aliphatic carbocycles. The van der Waals surface area contributed by atoms with E-state index in [0.29, 0.717) is 25.7 Å². The van der Waals surface area contributed by atoms with Crippen molar-refractivity contribution >= 4 is 15.7 Å². The Morgan fingerprint density at radius 2 is 2.05 bits per heavy atom. The van der Waals surface area contributed by atoms with Crippen molar-refractivity contribution in [1.29, 1.82) is 0 Å². The van der Waals surface area contributed by atoms with Crippen molar-refractivity contribution in [2.75, 3.05) is 32.5 Å². The van der Waals surface area contributed by atoms with E-state index in [-0.39, 0.29) is 16.3 Å². The third kappa shape index (κ3) is 3.23. The number of hydrogen-bond donors (Lipinski definition) is 2. The lowest BCUT2D eigenvalue weighted by Gasteiger charge is -2.26. The quantitative estimate of drug-likeness (QED) is 0.640. The summed E-state index contributed by atoms with van der Waals surface area (Å²) in [4.78, 5) is 0.0994. The van der Waals surface area contributed by atoms with E-state index in [1.807, 2.05) is 0 Å². The Bertz CT molecular complexity index is 568. The van der Waals surface area contributed by atoms with Crippen LogP contribution in [0.25, 0.3) is 0 Å². The number of phenolic OH excluding ortho intramolecular Hbond substituents is 1. The Morgan fingerprint density at radius 1 is 1.40 bits per heavy atom. The van der Waals surface area contributed by atoms with Gasteiger partial charge < -0.3 is 15.6 Å². The Balaban J connectivity index is 2.13. The van der Waals surface area contributed by atoms with Gasteiger partial charge in [0.05, 0.1) is 10.6 Å². The number of rotatable bonds is 4. The number of hydrogen-bond acceptors (Lipinski definition) is 5. The summed E-state index contributed by atoms with van der Waals surface area (Å²) in [5, 5.41) is 9.36. The summed E-state index contributed by atoms with van der Waals surface area (Å²) in [6, 6.07) is 3.94. The van der Waals surface area contributed by atoms with Crippen LogP contribution in [-0.4, -0.2) is 44.6 Å². The molecule has 3 N–H and O–H groups in total. The predicted molar refractivity (Wildman–Crippen MR) is 75.9 cm³/mol. The van der Waals surface area contributed by atoms with Crippen LogP contribution in [0.15, 0.2) is 23.1 Å². The van der Waals surface area contributed by atoms with Crippen LogP contribution in [0.4, 0.5) is 5.69 Å². The van der Waals surface area contributed by atoms with Crippen LogP contribution < -0.4 is 5.73 Å². The number of nitrogens with two attached hydrogens (primary N) is 1. The van der Waals surface area contributed by atoms with E-state index in [0.717, 1.165) is 12.8 Å². The van der Waals surface area contributed by atoms with Crippen LogP contribution in [-0.2, 0) is 14.8 Å². The summed E-state index contributed by atoms with van der Waals surface area (Å²) in [5.74, 6) is 0.203. The van der Waals surface area contributed by atoms with Crippen molar-refractivity contribution in [3.8, 4) is 5.75 Å². The lowest BCUT2D eigenvalue weighted by Crippen LogP contribution is -2.34. The van der Waals surface area contributed by atoms with Crippen LogP contribution >= 0.6 is 0 Å². The van der Waals surface area contributed by atoms with E-state index >= 15 is 0 Å². The molecule has 0 aromatic heterocycles. The van der Waals surface area contributed by atoms with Gasteiger partial charge in [0.25, 0.3) is 0 Å². The fraction of sp³-hybridized carbons (Fsp3) is 0.538. The summed E-state index contributed by atoms with van der Waals surface area (Å²) in [7, 11) is -2.01. The first-order valence-electron chi connectivity index (χ1n) is 6.54. The average molecular weight is 300 g/mol. The number of sulfonamides is 1. The van der Waals surface area contributed by atoms with Crippen LogP contribution in [0.1, 0.15) is 12.8 Å². The highest BCUT2D eigenvalue weighted by Gasteiger charge is 2.25. The highest BCUT2D eigenvalue weighted by atomic mass is 32.2. The lowest BCUT2D eigenvalue weighted by molar-refractivity contribution is 0.0620. The van der Waals surface area contributed by atoms with E-state index < -0.39 is 10.0 Å². The highest BCUT2D eigenvalue weighted by molar-refractivity contribution is 7.89. The van der Waals surface area contributed by atoms with E-state index in [2.05, 4.69) is 0 Å². The van der Waals surface area contributed by atoms with Gasteiger partial charge in [-0.15, -0.1) is 0 Å². The monoisotopic (exact) mass is 300 g/mol. The van der Waals surface area contributed by atoms with Gasteiger partial charge in [-0.05, 0) is 37.0 Å². The Hall–Kier alpha value is -1.31. The second-order valence-electron chi connectivity index (χ2n) is 5.06. The zero-order valence-electron chi connectivity index (χ0n) is 11.4. The maximum Gasteiger partial charge on any atom is 0.242 e. The van der Waals surface area contributed by atoms with Gasteiger partial charge in [-0.2, -0.15) is 0 Å². The first-order valence-corrected chi connectivity index (χ1v) is 7.98. The molecule has 0 unspecified atom stereocenters. The molecule has 1 heterocycles. The standard InChI is InChI=1S/C13H20N2O4S/c1-15(9-10-4-6-19-7-5-10)20(17,18)11-2-3-13(16)12(14)8-11/h2-3,8,10,16H,4-7,9,14H2,1H3. The van der Waals surface area contributed by atoms with E-state index in [9.17, 15) is 13.5 Å². The fourth-order valence-electron chi connectivity index (χ4n) is 2.26. The number of benzene rings is 1. The second-order valence-corrected chi connectivity index (χ2v) is 7.11. The summed E-state index contributed by atoms with van der Waals surface area (Å²) in [6.45, 7) is 1.84. The average Bonchev–Trinajstić information content (AvgIpc) is 2.42. The molecule has 20 heavy (non-hydrogen) atoms. The zero-order chi connectivity index (χ0) is 14.8. The van der Waals surface area contributed by atoms with Crippen molar-refractivity contribution in [2.45, 2.75) is 17.7 Å². The first kappa shape index (κ1) is 15.1. The van der Waals surface area contributed by atoms with Crippen molar-refractivity contribution < 1.29 is 18.3 Å². The summed E-state index contributed by atoms with van der Waals surface area (Å²) >= 11 is 0. The molecule has 0 spiro atoms. The molecule has 1 aliphatic heterocycles. The molecule has 0 radical (unpaired) electrons. The van der Waals surface area contributed by atoms with Crippen LogP contribution in [0.2, 0.25) is 0 Å². The largest absolute Gasteiger partial charge is 0.506 e. The lowest BCUT2D eigenvalue weighted by atomic mass is 10.0. The molecule has 1 fully saturated rings. The summed E-state index contributed by atoms with van der Waals surface area (Å²) in [6.07, 6.45) is 1.75. The number of phenols is 1.